The summed E-state index contributed by atoms with van der Waals surface area (Å²) >= 11 is 0. The van der Waals surface area contributed by atoms with E-state index in [1.54, 1.807) is 30.3 Å². The Hall–Kier alpha value is -3.22. The summed E-state index contributed by atoms with van der Waals surface area (Å²) in [4.78, 5) is 40.3. The van der Waals surface area contributed by atoms with Gasteiger partial charge in [0.1, 0.15) is 5.82 Å². The summed E-state index contributed by atoms with van der Waals surface area (Å²) in [5.74, 6) is -2.13. The molecule has 1 aliphatic carbocycles. The Balaban J connectivity index is 1.83. The van der Waals surface area contributed by atoms with Crippen LogP contribution in [0.4, 0.5) is 10.1 Å². The molecule has 1 aliphatic heterocycles. The van der Waals surface area contributed by atoms with Crippen molar-refractivity contribution in [3.05, 3.63) is 65.5 Å². The van der Waals surface area contributed by atoms with Crippen LogP contribution >= 0.6 is 0 Å². The van der Waals surface area contributed by atoms with Crippen molar-refractivity contribution >= 4 is 23.5 Å². The van der Waals surface area contributed by atoms with Crippen LogP contribution in [0.2, 0.25) is 0 Å². The first kappa shape index (κ1) is 22.0. The van der Waals surface area contributed by atoms with Crippen molar-refractivity contribution in [2.45, 2.75) is 50.0 Å². The molecule has 4 rings (SSSR count). The van der Waals surface area contributed by atoms with E-state index in [2.05, 4.69) is 10.1 Å². The number of rotatable bonds is 5. The van der Waals surface area contributed by atoms with E-state index in [9.17, 15) is 18.8 Å². The second kappa shape index (κ2) is 9.10. The number of benzene rings is 2. The van der Waals surface area contributed by atoms with Crippen molar-refractivity contribution < 1.29 is 23.5 Å². The van der Waals surface area contributed by atoms with Gasteiger partial charge in [0.15, 0.2) is 0 Å². The van der Waals surface area contributed by atoms with Gasteiger partial charge < -0.3 is 10.1 Å². The SMILES string of the molecule is COC(=O)CCNC(=O)[C@@H]1c2ccccc2C(=O)N(c2ccccc2F)C12CCCCC2. The lowest BCUT2D eigenvalue weighted by Gasteiger charge is -2.53. The summed E-state index contributed by atoms with van der Waals surface area (Å²) < 4.78 is 19.6. The fraction of sp³-hybridized carbons (Fsp3) is 0.400. The Morgan fingerprint density at radius 3 is 2.50 bits per heavy atom. The van der Waals surface area contributed by atoms with Gasteiger partial charge in [-0.3, -0.25) is 19.3 Å². The molecule has 1 saturated carbocycles. The van der Waals surface area contributed by atoms with Gasteiger partial charge in [-0.25, -0.2) is 4.39 Å². The van der Waals surface area contributed by atoms with E-state index in [4.69, 9.17) is 0 Å². The van der Waals surface area contributed by atoms with E-state index in [1.807, 2.05) is 12.1 Å². The molecule has 6 nitrogen and oxygen atoms in total. The number of amides is 2. The summed E-state index contributed by atoms with van der Waals surface area (Å²) in [7, 11) is 1.30. The van der Waals surface area contributed by atoms with Gasteiger partial charge in [-0.2, -0.15) is 0 Å². The molecular weight excluding hydrogens is 411 g/mol. The topological polar surface area (TPSA) is 75.7 Å². The average Bonchev–Trinajstić information content (AvgIpc) is 2.81. The molecule has 2 aliphatic rings. The van der Waals surface area contributed by atoms with E-state index >= 15 is 0 Å². The van der Waals surface area contributed by atoms with Crippen LogP contribution in [0.25, 0.3) is 0 Å². The van der Waals surface area contributed by atoms with Gasteiger partial charge >= 0.3 is 5.97 Å². The van der Waals surface area contributed by atoms with Crippen LogP contribution in [0.1, 0.15) is 60.4 Å². The lowest BCUT2D eigenvalue weighted by molar-refractivity contribution is -0.140. The fourth-order valence-electron chi connectivity index (χ4n) is 5.22. The molecule has 2 aromatic carbocycles. The van der Waals surface area contributed by atoms with E-state index in [1.165, 1.54) is 18.1 Å². The normalized spacial score (nSPS) is 19.4. The average molecular weight is 438 g/mol. The Morgan fingerprint density at radius 2 is 1.78 bits per heavy atom. The molecule has 0 saturated heterocycles. The molecule has 1 atom stereocenters. The molecule has 0 unspecified atom stereocenters. The number of nitrogens with zero attached hydrogens (tertiary/aromatic N) is 1. The van der Waals surface area contributed by atoms with Crippen LogP contribution < -0.4 is 10.2 Å². The highest BCUT2D eigenvalue weighted by Crippen LogP contribution is 2.51. The minimum absolute atomic E-state index is 0.0551. The van der Waals surface area contributed by atoms with Crippen LogP contribution in [0.5, 0.6) is 0 Å². The number of esters is 1. The number of carbonyl (C=O) groups is 3. The first-order chi connectivity index (χ1) is 15.5. The standard InChI is InChI=1S/C25H27FN2O4/c1-32-21(29)13-16-27-23(30)22-17-9-3-4-10-18(17)24(31)28(20-12-6-5-11-19(20)26)25(22)14-7-2-8-15-25/h3-6,9-12,22H,2,7-8,13-16H2,1H3,(H,27,30)/t22-/m0/s1. The number of methoxy groups -OCH3 is 1. The van der Waals surface area contributed by atoms with Gasteiger partial charge in [0.25, 0.3) is 5.91 Å². The maximum atomic E-state index is 15.0. The summed E-state index contributed by atoms with van der Waals surface area (Å²) in [5, 5.41) is 2.86. The number of para-hydroxylation sites is 1. The Morgan fingerprint density at radius 1 is 1.09 bits per heavy atom. The predicted octanol–water partition coefficient (Wildman–Crippen LogP) is 3.95. The van der Waals surface area contributed by atoms with Crippen LogP contribution in [-0.2, 0) is 14.3 Å². The Bertz CT molecular complexity index is 1030. The fourth-order valence-corrected chi connectivity index (χ4v) is 5.22. The zero-order valence-corrected chi connectivity index (χ0v) is 18.1. The van der Waals surface area contributed by atoms with Crippen molar-refractivity contribution in [3.8, 4) is 0 Å². The molecule has 2 amide bonds. The van der Waals surface area contributed by atoms with Crippen LogP contribution in [0.3, 0.4) is 0 Å². The number of carbonyl (C=O) groups excluding carboxylic acids is 3. The number of anilines is 1. The first-order valence-corrected chi connectivity index (χ1v) is 11.0. The number of fused-ring (bicyclic) bond motifs is 1. The third kappa shape index (κ3) is 3.76. The zero-order chi connectivity index (χ0) is 22.7. The molecule has 1 N–H and O–H groups in total. The maximum absolute atomic E-state index is 15.0. The Kier molecular flexibility index (Phi) is 6.26. The molecule has 1 heterocycles. The number of nitrogens with one attached hydrogen (secondary N) is 1. The summed E-state index contributed by atoms with van der Waals surface area (Å²) in [6.07, 6.45) is 3.92. The maximum Gasteiger partial charge on any atom is 0.307 e. The van der Waals surface area contributed by atoms with Crippen LogP contribution in [-0.4, -0.2) is 37.0 Å². The van der Waals surface area contributed by atoms with E-state index < -0.39 is 23.2 Å². The molecule has 0 radical (unpaired) electrons. The molecule has 0 bridgehead atoms. The molecule has 0 aromatic heterocycles. The molecular formula is C25H27FN2O4. The van der Waals surface area contributed by atoms with Crippen molar-refractivity contribution in [3.63, 3.8) is 0 Å². The summed E-state index contributed by atoms with van der Waals surface area (Å²) in [6.45, 7) is 0.133. The smallest absolute Gasteiger partial charge is 0.307 e. The largest absolute Gasteiger partial charge is 0.469 e. The van der Waals surface area contributed by atoms with Gasteiger partial charge in [-0.15, -0.1) is 0 Å². The highest BCUT2D eigenvalue weighted by atomic mass is 19.1. The lowest BCUT2D eigenvalue weighted by Crippen LogP contribution is -2.63. The zero-order valence-electron chi connectivity index (χ0n) is 18.1. The minimum Gasteiger partial charge on any atom is -0.469 e. The minimum atomic E-state index is -0.874. The molecule has 2 aromatic rings. The Labute approximate surface area is 186 Å². The van der Waals surface area contributed by atoms with E-state index in [0.29, 0.717) is 24.0 Å². The van der Waals surface area contributed by atoms with Gasteiger partial charge in [0.05, 0.1) is 30.7 Å². The second-order valence-electron chi connectivity index (χ2n) is 8.39. The van der Waals surface area contributed by atoms with Gasteiger partial charge in [0, 0.05) is 12.1 Å². The molecule has 1 fully saturated rings. The monoisotopic (exact) mass is 438 g/mol. The van der Waals surface area contributed by atoms with Crippen molar-refractivity contribution in [2.75, 3.05) is 18.6 Å². The number of ether oxygens (including phenoxy) is 1. The van der Waals surface area contributed by atoms with Gasteiger partial charge in [-0.1, -0.05) is 49.6 Å². The number of hydrogen-bond acceptors (Lipinski definition) is 4. The predicted molar refractivity (Wildman–Crippen MR) is 118 cm³/mol. The second-order valence-corrected chi connectivity index (χ2v) is 8.39. The summed E-state index contributed by atoms with van der Waals surface area (Å²) in [6, 6.07) is 13.3. The molecule has 32 heavy (non-hydrogen) atoms. The summed E-state index contributed by atoms with van der Waals surface area (Å²) in [5.41, 5.74) is 0.380. The molecule has 7 heteroatoms. The van der Waals surface area contributed by atoms with Crippen LogP contribution in [0.15, 0.2) is 48.5 Å². The van der Waals surface area contributed by atoms with Crippen LogP contribution in [0, 0.1) is 5.82 Å². The highest BCUT2D eigenvalue weighted by molar-refractivity contribution is 6.12. The number of hydrogen-bond donors (Lipinski definition) is 1. The van der Waals surface area contributed by atoms with E-state index in [0.717, 1.165) is 19.3 Å². The lowest BCUT2D eigenvalue weighted by atomic mass is 9.65. The number of halogens is 1. The molecule has 168 valence electrons. The quantitative estimate of drug-likeness (QED) is 0.718. The molecule has 1 spiro atoms. The third-order valence-electron chi connectivity index (χ3n) is 6.62. The highest BCUT2D eigenvalue weighted by Gasteiger charge is 2.55. The van der Waals surface area contributed by atoms with Crippen molar-refractivity contribution in [1.29, 1.82) is 0 Å². The van der Waals surface area contributed by atoms with Gasteiger partial charge in [-0.05, 0) is 36.6 Å². The third-order valence-corrected chi connectivity index (χ3v) is 6.62. The van der Waals surface area contributed by atoms with Crippen molar-refractivity contribution in [1.82, 2.24) is 5.32 Å². The van der Waals surface area contributed by atoms with E-state index in [-0.39, 0.29) is 30.5 Å². The van der Waals surface area contributed by atoms with Crippen molar-refractivity contribution in [2.24, 2.45) is 0 Å². The van der Waals surface area contributed by atoms with Gasteiger partial charge in [0.2, 0.25) is 5.91 Å². The first-order valence-electron chi connectivity index (χ1n) is 11.0.